The van der Waals surface area contributed by atoms with Crippen LogP contribution in [0.5, 0.6) is 0 Å². The smallest absolute Gasteiger partial charge is 0.226 e. The van der Waals surface area contributed by atoms with E-state index in [9.17, 15) is 4.79 Å². The second kappa shape index (κ2) is 5.63. The minimum absolute atomic E-state index is 0.0895. The summed E-state index contributed by atoms with van der Waals surface area (Å²) in [5.74, 6) is 0.651. The standard InChI is InChI=1S/C21H19ClN2O/c22-18-7-3-1-5-13(18)15-11-16(15)21(25)24-10-9-20-17(12-24)14-6-2-4-8-19(14)23-20/h1-8,15-16,23H,9-12H2/t15-,16+/m0/s1. The number of carbonyl (C=O) groups excluding carboxylic acids is 1. The van der Waals surface area contributed by atoms with Crippen molar-refractivity contribution in [2.24, 2.45) is 5.92 Å². The first-order valence-corrected chi connectivity index (χ1v) is 9.22. The molecule has 3 aromatic rings. The summed E-state index contributed by atoms with van der Waals surface area (Å²) in [6.07, 6.45) is 1.82. The molecule has 0 saturated heterocycles. The molecule has 2 aromatic carbocycles. The third-order valence-corrected chi connectivity index (χ3v) is 5.95. The van der Waals surface area contributed by atoms with Gasteiger partial charge in [0.15, 0.2) is 0 Å². The molecular weight excluding hydrogens is 332 g/mol. The molecule has 126 valence electrons. The van der Waals surface area contributed by atoms with E-state index in [-0.39, 0.29) is 17.7 Å². The summed E-state index contributed by atoms with van der Waals surface area (Å²) in [6, 6.07) is 16.3. The van der Waals surface area contributed by atoms with Crippen LogP contribution in [0.3, 0.4) is 0 Å². The number of fused-ring (bicyclic) bond motifs is 3. The third kappa shape index (κ3) is 2.46. The molecule has 5 rings (SSSR count). The van der Waals surface area contributed by atoms with Gasteiger partial charge in [0.25, 0.3) is 0 Å². The zero-order valence-electron chi connectivity index (χ0n) is 13.8. The minimum Gasteiger partial charge on any atom is -0.358 e. The number of carbonyl (C=O) groups is 1. The van der Waals surface area contributed by atoms with Gasteiger partial charge < -0.3 is 9.88 Å². The SMILES string of the molecule is O=C([C@@H]1C[C@H]1c1ccccc1Cl)N1CCc2[nH]c3ccccc3c2C1. The summed E-state index contributed by atoms with van der Waals surface area (Å²) >= 11 is 6.30. The van der Waals surface area contributed by atoms with Gasteiger partial charge in [-0.2, -0.15) is 0 Å². The van der Waals surface area contributed by atoms with Crippen molar-refractivity contribution in [1.82, 2.24) is 9.88 Å². The highest BCUT2D eigenvalue weighted by Crippen LogP contribution is 2.50. The lowest BCUT2D eigenvalue weighted by atomic mass is 10.0. The van der Waals surface area contributed by atoms with E-state index in [0.717, 1.165) is 30.0 Å². The first-order valence-electron chi connectivity index (χ1n) is 8.84. The molecule has 0 spiro atoms. The molecule has 4 heteroatoms. The van der Waals surface area contributed by atoms with Gasteiger partial charge in [0.2, 0.25) is 5.91 Å². The number of amides is 1. The van der Waals surface area contributed by atoms with Crippen molar-refractivity contribution < 1.29 is 4.79 Å². The molecule has 1 fully saturated rings. The van der Waals surface area contributed by atoms with E-state index in [2.05, 4.69) is 23.2 Å². The molecule has 1 N–H and O–H groups in total. The fourth-order valence-corrected chi connectivity index (χ4v) is 4.45. The highest BCUT2D eigenvalue weighted by Gasteiger charge is 2.46. The van der Waals surface area contributed by atoms with Crippen molar-refractivity contribution in [3.8, 4) is 0 Å². The van der Waals surface area contributed by atoms with Crippen LogP contribution in [0.4, 0.5) is 0 Å². The monoisotopic (exact) mass is 350 g/mol. The van der Waals surface area contributed by atoms with Crippen LogP contribution >= 0.6 is 11.6 Å². The highest BCUT2D eigenvalue weighted by atomic mass is 35.5. The Labute approximate surface area is 151 Å². The zero-order chi connectivity index (χ0) is 17.0. The second-order valence-corrected chi connectivity index (χ2v) is 7.51. The molecule has 1 amide bonds. The normalized spacial score (nSPS) is 22.0. The average Bonchev–Trinajstić information content (AvgIpc) is 3.34. The summed E-state index contributed by atoms with van der Waals surface area (Å²) in [5.41, 5.74) is 4.85. The molecule has 2 heterocycles. The molecule has 1 saturated carbocycles. The van der Waals surface area contributed by atoms with E-state index < -0.39 is 0 Å². The lowest BCUT2D eigenvalue weighted by Gasteiger charge is -2.27. The van der Waals surface area contributed by atoms with Crippen molar-refractivity contribution in [1.29, 1.82) is 0 Å². The Bertz CT molecular complexity index is 977. The summed E-state index contributed by atoms with van der Waals surface area (Å²) < 4.78 is 0. The predicted molar refractivity (Wildman–Crippen MR) is 99.7 cm³/mol. The van der Waals surface area contributed by atoms with E-state index >= 15 is 0 Å². The number of H-pyrrole nitrogens is 1. The third-order valence-electron chi connectivity index (χ3n) is 5.61. The lowest BCUT2D eigenvalue weighted by Crippen LogP contribution is -2.37. The van der Waals surface area contributed by atoms with E-state index in [1.807, 2.05) is 35.2 Å². The van der Waals surface area contributed by atoms with Gasteiger partial charge in [-0.1, -0.05) is 48.0 Å². The Morgan fingerprint density at radius 3 is 2.80 bits per heavy atom. The number of para-hydroxylation sites is 1. The quantitative estimate of drug-likeness (QED) is 0.725. The summed E-state index contributed by atoms with van der Waals surface area (Å²) in [7, 11) is 0. The van der Waals surface area contributed by atoms with Crippen molar-refractivity contribution in [3.05, 3.63) is 70.4 Å². The van der Waals surface area contributed by atoms with E-state index in [0.29, 0.717) is 6.54 Å². The molecular formula is C21H19ClN2O. The van der Waals surface area contributed by atoms with Crippen molar-refractivity contribution >= 4 is 28.4 Å². The first-order chi connectivity index (χ1) is 12.2. The topological polar surface area (TPSA) is 36.1 Å². The van der Waals surface area contributed by atoms with E-state index in [1.54, 1.807) is 0 Å². The van der Waals surface area contributed by atoms with Crippen LogP contribution in [0.2, 0.25) is 5.02 Å². The molecule has 2 atom stereocenters. The van der Waals surface area contributed by atoms with Gasteiger partial charge in [-0.15, -0.1) is 0 Å². The number of hydrogen-bond donors (Lipinski definition) is 1. The number of nitrogens with zero attached hydrogens (tertiary/aromatic N) is 1. The Morgan fingerprint density at radius 2 is 1.92 bits per heavy atom. The number of aromatic nitrogens is 1. The Morgan fingerprint density at radius 1 is 1.12 bits per heavy atom. The largest absolute Gasteiger partial charge is 0.358 e. The van der Waals surface area contributed by atoms with Crippen LogP contribution in [0.1, 0.15) is 29.2 Å². The first kappa shape index (κ1) is 15.0. The van der Waals surface area contributed by atoms with Crippen molar-refractivity contribution in [2.75, 3.05) is 6.54 Å². The van der Waals surface area contributed by atoms with Crippen molar-refractivity contribution in [2.45, 2.75) is 25.3 Å². The Hall–Kier alpha value is -2.26. The summed E-state index contributed by atoms with van der Waals surface area (Å²) in [4.78, 5) is 18.5. The molecule has 2 aliphatic rings. The highest BCUT2D eigenvalue weighted by molar-refractivity contribution is 6.31. The Kier molecular flexibility index (Phi) is 3.39. The minimum atomic E-state index is 0.0895. The second-order valence-electron chi connectivity index (χ2n) is 7.11. The van der Waals surface area contributed by atoms with Crippen LogP contribution < -0.4 is 0 Å². The van der Waals surface area contributed by atoms with Gasteiger partial charge in [0, 0.05) is 52.6 Å². The van der Waals surface area contributed by atoms with Gasteiger partial charge in [-0.25, -0.2) is 0 Å². The Balaban J connectivity index is 1.37. The van der Waals surface area contributed by atoms with Crippen LogP contribution in [0.15, 0.2) is 48.5 Å². The lowest BCUT2D eigenvalue weighted by molar-refractivity contribution is -0.133. The van der Waals surface area contributed by atoms with Crippen LogP contribution in [-0.2, 0) is 17.8 Å². The van der Waals surface area contributed by atoms with E-state index in [4.69, 9.17) is 11.6 Å². The number of halogens is 1. The molecule has 1 aliphatic heterocycles. The summed E-state index contributed by atoms with van der Waals surface area (Å²) in [5, 5.41) is 2.02. The molecule has 0 unspecified atom stereocenters. The van der Waals surface area contributed by atoms with E-state index in [1.165, 1.54) is 22.2 Å². The maximum atomic E-state index is 13.0. The van der Waals surface area contributed by atoms with Gasteiger partial charge in [-0.05, 0) is 30.0 Å². The fourth-order valence-electron chi connectivity index (χ4n) is 4.18. The number of rotatable bonds is 2. The molecule has 0 bridgehead atoms. The molecule has 1 aromatic heterocycles. The number of hydrogen-bond acceptors (Lipinski definition) is 1. The van der Waals surface area contributed by atoms with Gasteiger partial charge in [0.05, 0.1) is 0 Å². The summed E-state index contributed by atoms with van der Waals surface area (Å²) in [6.45, 7) is 1.51. The molecule has 0 radical (unpaired) electrons. The zero-order valence-corrected chi connectivity index (χ0v) is 14.6. The molecule has 25 heavy (non-hydrogen) atoms. The van der Waals surface area contributed by atoms with Crippen molar-refractivity contribution in [3.63, 3.8) is 0 Å². The molecule has 1 aliphatic carbocycles. The van der Waals surface area contributed by atoms with Gasteiger partial charge in [0.1, 0.15) is 0 Å². The molecule has 3 nitrogen and oxygen atoms in total. The van der Waals surface area contributed by atoms with Crippen LogP contribution in [0, 0.1) is 5.92 Å². The number of nitrogens with one attached hydrogen (secondary N) is 1. The number of aromatic amines is 1. The van der Waals surface area contributed by atoms with Crippen LogP contribution in [0.25, 0.3) is 10.9 Å². The number of benzene rings is 2. The van der Waals surface area contributed by atoms with Crippen LogP contribution in [-0.4, -0.2) is 22.3 Å². The maximum absolute atomic E-state index is 13.0. The maximum Gasteiger partial charge on any atom is 0.226 e. The fraction of sp³-hybridized carbons (Fsp3) is 0.286. The van der Waals surface area contributed by atoms with Gasteiger partial charge in [-0.3, -0.25) is 4.79 Å². The predicted octanol–water partition coefficient (Wildman–Crippen LogP) is 4.51. The average molecular weight is 351 g/mol. The van der Waals surface area contributed by atoms with Gasteiger partial charge >= 0.3 is 0 Å².